The summed E-state index contributed by atoms with van der Waals surface area (Å²) in [5, 5.41) is 3.22. The summed E-state index contributed by atoms with van der Waals surface area (Å²) in [5.74, 6) is -0.110. The standard InChI is InChI=1S/C16H31N3O2/c1-5-19-10-7-13(8-11-19)18(3)14-6-9-16(12-14,17-2)15(20)21-4/h13-14,17H,5-12H2,1-4H3. The molecule has 2 fully saturated rings. The molecule has 1 saturated carbocycles. The third kappa shape index (κ3) is 3.41. The Morgan fingerprint density at radius 2 is 2.00 bits per heavy atom. The van der Waals surface area contributed by atoms with Crippen LogP contribution in [0, 0.1) is 0 Å². The molecule has 0 aromatic heterocycles. The molecule has 122 valence electrons. The van der Waals surface area contributed by atoms with Crippen LogP contribution < -0.4 is 5.32 Å². The van der Waals surface area contributed by atoms with Gasteiger partial charge in [-0.2, -0.15) is 0 Å². The molecule has 0 spiro atoms. The first-order chi connectivity index (χ1) is 10.1. The van der Waals surface area contributed by atoms with Crippen molar-refractivity contribution in [1.82, 2.24) is 15.1 Å². The van der Waals surface area contributed by atoms with Gasteiger partial charge in [0.05, 0.1) is 7.11 Å². The minimum absolute atomic E-state index is 0.110. The van der Waals surface area contributed by atoms with Crippen LogP contribution in [-0.4, -0.2) is 74.2 Å². The number of piperidine rings is 1. The van der Waals surface area contributed by atoms with Gasteiger partial charge in [-0.3, -0.25) is 4.79 Å². The van der Waals surface area contributed by atoms with E-state index in [0.717, 1.165) is 25.8 Å². The normalized spacial score (nSPS) is 31.8. The topological polar surface area (TPSA) is 44.8 Å². The Balaban J connectivity index is 1.93. The molecule has 0 bridgehead atoms. The summed E-state index contributed by atoms with van der Waals surface area (Å²) in [7, 11) is 5.60. The molecule has 0 aromatic rings. The molecule has 1 saturated heterocycles. The number of hydrogen-bond acceptors (Lipinski definition) is 5. The third-order valence-electron chi connectivity index (χ3n) is 5.70. The van der Waals surface area contributed by atoms with Crippen LogP contribution in [0.15, 0.2) is 0 Å². The number of likely N-dealkylation sites (N-methyl/N-ethyl adjacent to an activating group) is 1. The molecule has 2 unspecified atom stereocenters. The number of nitrogens with one attached hydrogen (secondary N) is 1. The molecular formula is C16H31N3O2. The molecule has 2 aliphatic rings. The molecule has 1 aliphatic heterocycles. The molecule has 5 heteroatoms. The van der Waals surface area contributed by atoms with E-state index in [2.05, 4.69) is 29.1 Å². The lowest BCUT2D eigenvalue weighted by Crippen LogP contribution is -2.51. The smallest absolute Gasteiger partial charge is 0.326 e. The van der Waals surface area contributed by atoms with Gasteiger partial charge in [-0.25, -0.2) is 0 Å². The maximum Gasteiger partial charge on any atom is 0.326 e. The molecule has 0 radical (unpaired) electrons. The van der Waals surface area contributed by atoms with Crippen LogP contribution in [-0.2, 0) is 9.53 Å². The first-order valence-corrected chi connectivity index (χ1v) is 8.28. The van der Waals surface area contributed by atoms with Crippen molar-refractivity contribution in [3.63, 3.8) is 0 Å². The maximum atomic E-state index is 12.1. The zero-order valence-electron chi connectivity index (χ0n) is 14.0. The van der Waals surface area contributed by atoms with Gasteiger partial charge in [0.1, 0.15) is 5.54 Å². The quantitative estimate of drug-likeness (QED) is 0.770. The van der Waals surface area contributed by atoms with Gasteiger partial charge in [0.25, 0.3) is 0 Å². The maximum absolute atomic E-state index is 12.1. The minimum atomic E-state index is -0.474. The highest BCUT2D eigenvalue weighted by atomic mass is 16.5. The number of carbonyl (C=O) groups excluding carboxylic acids is 1. The number of esters is 1. The van der Waals surface area contributed by atoms with Crippen molar-refractivity contribution in [2.24, 2.45) is 0 Å². The van der Waals surface area contributed by atoms with E-state index in [1.54, 1.807) is 0 Å². The largest absolute Gasteiger partial charge is 0.468 e. The van der Waals surface area contributed by atoms with Crippen molar-refractivity contribution in [2.45, 2.75) is 56.7 Å². The van der Waals surface area contributed by atoms with Crippen molar-refractivity contribution in [3.05, 3.63) is 0 Å². The predicted molar refractivity (Wildman–Crippen MR) is 84.3 cm³/mol. The second kappa shape index (κ2) is 7.07. The Bertz CT molecular complexity index is 355. The summed E-state index contributed by atoms with van der Waals surface area (Å²) in [6.45, 7) is 5.79. The van der Waals surface area contributed by atoms with Crippen LogP contribution >= 0.6 is 0 Å². The molecule has 1 heterocycles. The van der Waals surface area contributed by atoms with Crippen molar-refractivity contribution in [2.75, 3.05) is 40.8 Å². The molecule has 0 aromatic carbocycles. The number of hydrogen-bond donors (Lipinski definition) is 1. The Labute approximate surface area is 129 Å². The van der Waals surface area contributed by atoms with Gasteiger partial charge < -0.3 is 19.9 Å². The predicted octanol–water partition coefficient (Wildman–Crippen LogP) is 1.09. The summed E-state index contributed by atoms with van der Waals surface area (Å²) < 4.78 is 5.00. The fourth-order valence-corrected chi connectivity index (χ4v) is 4.02. The van der Waals surface area contributed by atoms with Gasteiger partial charge in [-0.1, -0.05) is 6.92 Å². The first kappa shape index (κ1) is 16.7. The first-order valence-electron chi connectivity index (χ1n) is 8.28. The second-order valence-electron chi connectivity index (χ2n) is 6.55. The van der Waals surface area contributed by atoms with E-state index in [0.29, 0.717) is 12.1 Å². The van der Waals surface area contributed by atoms with E-state index >= 15 is 0 Å². The van der Waals surface area contributed by atoms with Crippen molar-refractivity contribution in [1.29, 1.82) is 0 Å². The number of methoxy groups -OCH3 is 1. The zero-order valence-corrected chi connectivity index (χ0v) is 14.0. The molecule has 1 N–H and O–H groups in total. The Kier molecular flexibility index (Phi) is 5.63. The fourth-order valence-electron chi connectivity index (χ4n) is 4.02. The Morgan fingerprint density at radius 3 is 2.52 bits per heavy atom. The van der Waals surface area contributed by atoms with Gasteiger partial charge in [-0.15, -0.1) is 0 Å². The van der Waals surface area contributed by atoms with Crippen LogP contribution in [0.4, 0.5) is 0 Å². The lowest BCUT2D eigenvalue weighted by molar-refractivity contribution is -0.148. The monoisotopic (exact) mass is 297 g/mol. The van der Waals surface area contributed by atoms with E-state index in [4.69, 9.17) is 4.74 Å². The summed E-state index contributed by atoms with van der Waals surface area (Å²) >= 11 is 0. The highest BCUT2D eigenvalue weighted by molar-refractivity contribution is 5.81. The van der Waals surface area contributed by atoms with Crippen LogP contribution in [0.2, 0.25) is 0 Å². The van der Waals surface area contributed by atoms with E-state index in [-0.39, 0.29) is 5.97 Å². The molecule has 21 heavy (non-hydrogen) atoms. The minimum Gasteiger partial charge on any atom is -0.468 e. The van der Waals surface area contributed by atoms with Crippen molar-refractivity contribution in [3.8, 4) is 0 Å². The Morgan fingerprint density at radius 1 is 1.33 bits per heavy atom. The third-order valence-corrected chi connectivity index (χ3v) is 5.70. The molecule has 5 nitrogen and oxygen atoms in total. The Hall–Kier alpha value is -0.650. The number of ether oxygens (including phenoxy) is 1. The van der Waals surface area contributed by atoms with Gasteiger partial charge in [0.15, 0.2) is 0 Å². The van der Waals surface area contributed by atoms with Gasteiger partial charge >= 0.3 is 5.97 Å². The second-order valence-corrected chi connectivity index (χ2v) is 6.55. The average molecular weight is 297 g/mol. The molecule has 2 rings (SSSR count). The zero-order chi connectivity index (χ0) is 15.5. The number of likely N-dealkylation sites (tertiary alicyclic amines) is 1. The van der Waals surface area contributed by atoms with Gasteiger partial charge in [0.2, 0.25) is 0 Å². The van der Waals surface area contributed by atoms with Crippen LogP contribution in [0.1, 0.15) is 39.0 Å². The van der Waals surface area contributed by atoms with Crippen LogP contribution in [0.5, 0.6) is 0 Å². The fraction of sp³-hybridized carbons (Fsp3) is 0.938. The molecule has 0 amide bonds. The van der Waals surface area contributed by atoms with Crippen LogP contribution in [0.25, 0.3) is 0 Å². The lowest BCUT2D eigenvalue weighted by Gasteiger charge is -2.39. The summed E-state index contributed by atoms with van der Waals surface area (Å²) in [6.07, 6.45) is 5.29. The number of carbonyl (C=O) groups is 1. The number of nitrogens with zero attached hydrogens (tertiary/aromatic N) is 2. The van der Waals surface area contributed by atoms with E-state index in [9.17, 15) is 4.79 Å². The lowest BCUT2D eigenvalue weighted by atomic mass is 9.96. The summed E-state index contributed by atoms with van der Waals surface area (Å²) in [4.78, 5) is 17.1. The molecule has 1 aliphatic carbocycles. The molecular weight excluding hydrogens is 266 g/mol. The van der Waals surface area contributed by atoms with Gasteiger partial charge in [0, 0.05) is 12.1 Å². The van der Waals surface area contributed by atoms with E-state index < -0.39 is 5.54 Å². The summed E-state index contributed by atoms with van der Waals surface area (Å²) in [6, 6.07) is 1.14. The molecule has 2 atom stereocenters. The highest BCUT2D eigenvalue weighted by Crippen LogP contribution is 2.35. The van der Waals surface area contributed by atoms with E-state index in [1.165, 1.54) is 33.0 Å². The SMILES string of the molecule is CCN1CCC(N(C)C2CCC(NC)(C(=O)OC)C2)CC1. The van der Waals surface area contributed by atoms with Crippen molar-refractivity contribution < 1.29 is 9.53 Å². The number of rotatable bonds is 5. The highest BCUT2D eigenvalue weighted by Gasteiger charge is 2.47. The van der Waals surface area contributed by atoms with E-state index in [1.807, 2.05) is 7.05 Å². The summed E-state index contributed by atoms with van der Waals surface area (Å²) in [5.41, 5.74) is -0.474. The van der Waals surface area contributed by atoms with Crippen molar-refractivity contribution >= 4 is 5.97 Å². The average Bonchev–Trinajstić information content (AvgIpc) is 2.99. The van der Waals surface area contributed by atoms with Gasteiger partial charge in [-0.05, 0) is 65.8 Å². The van der Waals surface area contributed by atoms with Crippen LogP contribution in [0.3, 0.4) is 0 Å².